The van der Waals surface area contributed by atoms with Gasteiger partial charge in [0.1, 0.15) is 5.75 Å². The van der Waals surface area contributed by atoms with Crippen LogP contribution >= 0.6 is 0 Å². The van der Waals surface area contributed by atoms with Crippen molar-refractivity contribution in [2.24, 2.45) is 5.73 Å². The van der Waals surface area contributed by atoms with Crippen molar-refractivity contribution in [1.82, 2.24) is 0 Å². The zero-order chi connectivity index (χ0) is 12.4. The van der Waals surface area contributed by atoms with E-state index < -0.39 is 18.9 Å². The van der Waals surface area contributed by atoms with Crippen LogP contribution in [0.1, 0.15) is 18.0 Å². The minimum Gasteiger partial charge on any atom is -0.508 e. The zero-order valence-corrected chi connectivity index (χ0v) is 9.11. The second kappa shape index (κ2) is 4.67. The highest BCUT2D eigenvalue weighted by atomic mass is 19.3. The van der Waals surface area contributed by atoms with Crippen molar-refractivity contribution in [3.63, 3.8) is 0 Å². The van der Waals surface area contributed by atoms with Crippen molar-refractivity contribution in [3.8, 4) is 5.75 Å². The number of halogens is 2. The van der Waals surface area contributed by atoms with E-state index in [1.807, 2.05) is 12.1 Å². The Bertz CT molecular complexity index is 528. The normalized spacial score (nSPS) is 13.2. The number of hydrogen-bond acceptors (Lipinski definition) is 2. The predicted molar refractivity (Wildman–Crippen MR) is 63.2 cm³/mol. The summed E-state index contributed by atoms with van der Waals surface area (Å²) in [5, 5.41) is 11.4. The Kier molecular flexibility index (Phi) is 3.24. The fourth-order valence-corrected chi connectivity index (χ4v) is 1.98. The van der Waals surface area contributed by atoms with E-state index in [2.05, 4.69) is 0 Å². The third-order valence-electron chi connectivity index (χ3n) is 2.75. The van der Waals surface area contributed by atoms with Crippen LogP contribution in [0.15, 0.2) is 36.4 Å². The van der Waals surface area contributed by atoms with Crippen LogP contribution in [-0.2, 0) is 0 Å². The summed E-state index contributed by atoms with van der Waals surface area (Å²) >= 11 is 0. The molecule has 3 N–H and O–H groups in total. The third kappa shape index (κ3) is 2.36. The molecular formula is C13H13F2NO. The molecule has 0 saturated carbocycles. The number of phenolic OH excluding ortho intramolecular Hbond substituents is 1. The molecule has 0 unspecified atom stereocenters. The molecule has 0 aliphatic heterocycles. The lowest BCUT2D eigenvalue weighted by atomic mass is 9.96. The van der Waals surface area contributed by atoms with E-state index in [4.69, 9.17) is 5.73 Å². The second-order valence-corrected chi connectivity index (χ2v) is 3.95. The van der Waals surface area contributed by atoms with Crippen LogP contribution in [0, 0.1) is 0 Å². The number of phenols is 1. The number of nitrogens with two attached hydrogens (primary N) is 1. The molecule has 1 atom stereocenters. The largest absolute Gasteiger partial charge is 0.508 e. The van der Waals surface area contributed by atoms with E-state index in [0.717, 1.165) is 10.8 Å². The minimum absolute atomic E-state index is 0.0307. The summed E-state index contributed by atoms with van der Waals surface area (Å²) in [6, 6.07) is 9.64. The van der Waals surface area contributed by atoms with E-state index >= 15 is 0 Å². The molecule has 0 saturated heterocycles. The third-order valence-corrected chi connectivity index (χ3v) is 2.75. The smallest absolute Gasteiger partial charge is 0.240 e. The Morgan fingerprint density at radius 3 is 2.53 bits per heavy atom. The first kappa shape index (κ1) is 11.8. The van der Waals surface area contributed by atoms with Crippen molar-refractivity contribution in [2.45, 2.75) is 18.9 Å². The average Bonchev–Trinajstić information content (AvgIpc) is 2.27. The number of alkyl halides is 2. The molecule has 0 spiro atoms. The summed E-state index contributed by atoms with van der Waals surface area (Å²) in [7, 11) is 0. The lowest BCUT2D eigenvalue weighted by Crippen LogP contribution is -2.14. The SMILES string of the molecule is N[C@H](CC(F)F)c1c(O)ccc2ccccc12. The van der Waals surface area contributed by atoms with Gasteiger partial charge in [-0.2, -0.15) is 0 Å². The first-order valence-electron chi connectivity index (χ1n) is 5.34. The van der Waals surface area contributed by atoms with E-state index in [9.17, 15) is 13.9 Å². The van der Waals surface area contributed by atoms with Crippen molar-refractivity contribution < 1.29 is 13.9 Å². The number of aromatic hydroxyl groups is 1. The van der Waals surface area contributed by atoms with Gasteiger partial charge in [0.25, 0.3) is 0 Å². The Hall–Kier alpha value is -1.68. The standard InChI is InChI=1S/C13H13F2NO/c14-12(15)7-10(16)13-9-4-2-1-3-8(9)5-6-11(13)17/h1-6,10,12,17H,7,16H2/t10-/m1/s1. The Morgan fingerprint density at radius 1 is 1.12 bits per heavy atom. The molecule has 2 aromatic carbocycles. The number of benzene rings is 2. The van der Waals surface area contributed by atoms with Gasteiger partial charge < -0.3 is 10.8 Å². The van der Waals surface area contributed by atoms with Crippen molar-refractivity contribution in [2.75, 3.05) is 0 Å². The summed E-state index contributed by atoms with van der Waals surface area (Å²) in [5.41, 5.74) is 6.11. The molecule has 0 bridgehead atoms. The monoisotopic (exact) mass is 237 g/mol. The van der Waals surface area contributed by atoms with Gasteiger partial charge in [0, 0.05) is 18.0 Å². The Balaban J connectivity index is 2.54. The molecule has 2 rings (SSSR count). The van der Waals surface area contributed by atoms with Gasteiger partial charge in [-0.1, -0.05) is 30.3 Å². The van der Waals surface area contributed by atoms with Crippen LogP contribution in [0.4, 0.5) is 8.78 Å². The van der Waals surface area contributed by atoms with Gasteiger partial charge in [0.05, 0.1) is 0 Å². The molecule has 0 fully saturated rings. The zero-order valence-electron chi connectivity index (χ0n) is 9.11. The van der Waals surface area contributed by atoms with Crippen molar-refractivity contribution in [1.29, 1.82) is 0 Å². The first-order chi connectivity index (χ1) is 8.09. The molecular weight excluding hydrogens is 224 g/mol. The maximum Gasteiger partial charge on any atom is 0.240 e. The predicted octanol–water partition coefficient (Wildman–Crippen LogP) is 3.20. The molecule has 0 aliphatic carbocycles. The highest BCUT2D eigenvalue weighted by Gasteiger charge is 2.18. The highest BCUT2D eigenvalue weighted by molar-refractivity contribution is 5.88. The molecule has 90 valence electrons. The van der Waals surface area contributed by atoms with Crippen molar-refractivity contribution in [3.05, 3.63) is 42.0 Å². The van der Waals surface area contributed by atoms with Crippen LogP contribution in [0.2, 0.25) is 0 Å². The number of hydrogen-bond donors (Lipinski definition) is 2. The van der Waals surface area contributed by atoms with E-state index in [0.29, 0.717) is 5.56 Å². The van der Waals surface area contributed by atoms with Crippen LogP contribution in [0.25, 0.3) is 10.8 Å². The minimum atomic E-state index is -2.48. The van der Waals surface area contributed by atoms with Crippen LogP contribution in [0.5, 0.6) is 5.75 Å². The molecule has 0 aromatic heterocycles. The molecule has 4 heteroatoms. The fraction of sp³-hybridized carbons (Fsp3) is 0.231. The molecule has 2 nitrogen and oxygen atoms in total. The van der Waals surface area contributed by atoms with Gasteiger partial charge in [-0.25, -0.2) is 8.78 Å². The van der Waals surface area contributed by atoms with Gasteiger partial charge in [-0.05, 0) is 16.8 Å². The molecule has 0 heterocycles. The van der Waals surface area contributed by atoms with Gasteiger partial charge in [-0.3, -0.25) is 0 Å². The first-order valence-corrected chi connectivity index (χ1v) is 5.34. The molecule has 17 heavy (non-hydrogen) atoms. The average molecular weight is 237 g/mol. The molecule has 0 radical (unpaired) electrons. The Labute approximate surface area is 97.7 Å². The fourth-order valence-electron chi connectivity index (χ4n) is 1.98. The van der Waals surface area contributed by atoms with E-state index in [1.165, 1.54) is 6.07 Å². The maximum atomic E-state index is 12.3. The Morgan fingerprint density at radius 2 is 1.82 bits per heavy atom. The second-order valence-electron chi connectivity index (χ2n) is 3.95. The molecule has 0 amide bonds. The summed E-state index contributed by atoms with van der Waals surface area (Å²) in [4.78, 5) is 0. The van der Waals surface area contributed by atoms with Crippen LogP contribution < -0.4 is 5.73 Å². The van der Waals surface area contributed by atoms with Crippen LogP contribution in [-0.4, -0.2) is 11.5 Å². The van der Waals surface area contributed by atoms with Crippen molar-refractivity contribution >= 4 is 10.8 Å². The topological polar surface area (TPSA) is 46.2 Å². The van der Waals surface area contributed by atoms with E-state index in [-0.39, 0.29) is 5.75 Å². The summed E-state index contributed by atoms with van der Waals surface area (Å²) < 4.78 is 24.7. The van der Waals surface area contributed by atoms with Gasteiger partial charge in [-0.15, -0.1) is 0 Å². The van der Waals surface area contributed by atoms with Crippen LogP contribution in [0.3, 0.4) is 0 Å². The van der Waals surface area contributed by atoms with Gasteiger partial charge in [0.2, 0.25) is 6.43 Å². The van der Waals surface area contributed by atoms with E-state index in [1.54, 1.807) is 18.2 Å². The maximum absolute atomic E-state index is 12.3. The number of rotatable bonds is 3. The molecule has 2 aromatic rings. The summed E-state index contributed by atoms with van der Waals surface area (Å²) in [6.07, 6.45) is -2.94. The van der Waals surface area contributed by atoms with Gasteiger partial charge >= 0.3 is 0 Å². The lowest BCUT2D eigenvalue weighted by Gasteiger charge is -2.15. The summed E-state index contributed by atoms with van der Waals surface area (Å²) in [5.74, 6) is -0.0307. The van der Waals surface area contributed by atoms with Gasteiger partial charge in [0.15, 0.2) is 0 Å². The number of fused-ring (bicyclic) bond motifs is 1. The lowest BCUT2D eigenvalue weighted by molar-refractivity contribution is 0.128. The summed E-state index contributed by atoms with van der Waals surface area (Å²) in [6.45, 7) is 0. The molecule has 0 aliphatic rings. The highest BCUT2D eigenvalue weighted by Crippen LogP contribution is 2.33. The quantitative estimate of drug-likeness (QED) is 0.861.